The fraction of sp³-hybridized carbons (Fsp3) is 0.250. The zero-order chi connectivity index (χ0) is 19.0. The highest BCUT2D eigenvalue weighted by Gasteiger charge is 2.40. The highest BCUT2D eigenvalue weighted by molar-refractivity contribution is 5.81. The molecule has 2 aromatic carbocycles. The first-order valence-electron chi connectivity index (χ1n) is 8.50. The van der Waals surface area contributed by atoms with E-state index in [1.54, 1.807) is 48.5 Å². The Kier molecular flexibility index (Phi) is 4.67. The lowest BCUT2D eigenvalue weighted by atomic mass is 10.1. The number of rotatable bonds is 3. The molecule has 7 nitrogen and oxygen atoms in total. The second-order valence-electron chi connectivity index (χ2n) is 6.32. The third-order valence-corrected chi connectivity index (χ3v) is 4.48. The molecule has 1 aliphatic heterocycles. The number of aliphatic hydroxyl groups is 3. The van der Waals surface area contributed by atoms with Crippen molar-refractivity contribution in [1.29, 1.82) is 0 Å². The van der Waals surface area contributed by atoms with Crippen molar-refractivity contribution in [3.63, 3.8) is 0 Å². The summed E-state index contributed by atoms with van der Waals surface area (Å²) in [6.07, 6.45) is -5.53. The molecular weight excluding hydrogens is 352 g/mol. The number of fused-ring (bicyclic) bond motifs is 1. The summed E-state index contributed by atoms with van der Waals surface area (Å²) in [6.45, 7) is -0.234. The summed E-state index contributed by atoms with van der Waals surface area (Å²) in [5.74, 6) is 0.0586. The van der Waals surface area contributed by atoms with Gasteiger partial charge in [-0.05, 0) is 12.1 Å². The maximum Gasteiger partial charge on any atom is 0.235 e. The Morgan fingerprint density at radius 3 is 2.41 bits per heavy atom. The highest BCUT2D eigenvalue weighted by Crippen LogP contribution is 2.32. The molecule has 0 saturated carbocycles. The van der Waals surface area contributed by atoms with Gasteiger partial charge in [0.2, 0.25) is 17.5 Å². The molecule has 1 unspecified atom stereocenters. The molecular formula is C20H18O7. The molecule has 0 bridgehead atoms. The molecule has 3 N–H and O–H groups in total. The summed E-state index contributed by atoms with van der Waals surface area (Å²) < 4.78 is 16.8. The van der Waals surface area contributed by atoms with Crippen LogP contribution in [0.2, 0.25) is 0 Å². The Balaban J connectivity index is 1.83. The summed E-state index contributed by atoms with van der Waals surface area (Å²) in [4.78, 5) is 13.0. The van der Waals surface area contributed by atoms with E-state index in [1.165, 1.54) is 0 Å². The van der Waals surface area contributed by atoms with Crippen LogP contribution in [0.5, 0.6) is 5.75 Å². The van der Waals surface area contributed by atoms with Gasteiger partial charge in [-0.15, -0.1) is 0 Å². The van der Waals surface area contributed by atoms with Crippen LogP contribution in [0.4, 0.5) is 0 Å². The molecule has 0 aliphatic carbocycles. The van der Waals surface area contributed by atoms with E-state index < -0.39 is 30.0 Å². The molecule has 2 heterocycles. The number of para-hydroxylation sites is 1. The zero-order valence-corrected chi connectivity index (χ0v) is 14.2. The van der Waals surface area contributed by atoms with Gasteiger partial charge in [0.05, 0.1) is 12.0 Å². The molecule has 4 atom stereocenters. The van der Waals surface area contributed by atoms with Gasteiger partial charge < -0.3 is 29.2 Å². The first-order chi connectivity index (χ1) is 13.1. The van der Waals surface area contributed by atoms with Crippen LogP contribution in [0, 0.1) is 0 Å². The molecule has 0 spiro atoms. The maximum atomic E-state index is 13.0. The van der Waals surface area contributed by atoms with Crippen molar-refractivity contribution in [3.05, 3.63) is 64.8 Å². The largest absolute Gasteiger partial charge is 0.454 e. The van der Waals surface area contributed by atoms with Crippen LogP contribution < -0.4 is 10.2 Å². The second kappa shape index (κ2) is 7.13. The number of hydrogen-bond acceptors (Lipinski definition) is 7. The quantitative estimate of drug-likeness (QED) is 0.637. The lowest BCUT2D eigenvalue weighted by Gasteiger charge is -2.34. The SMILES string of the molecule is O=c1c(OC2OC[C@@H](O)[C@H](O)[C@H]2O)c(-c2ccccc2)oc2ccccc12. The van der Waals surface area contributed by atoms with Gasteiger partial charge in [0.15, 0.2) is 5.76 Å². The van der Waals surface area contributed by atoms with E-state index in [1.807, 2.05) is 6.07 Å². The fourth-order valence-electron chi connectivity index (χ4n) is 3.01. The van der Waals surface area contributed by atoms with Gasteiger partial charge in [0.1, 0.15) is 23.9 Å². The molecule has 27 heavy (non-hydrogen) atoms. The Labute approximate surface area is 154 Å². The molecule has 1 saturated heterocycles. The third-order valence-electron chi connectivity index (χ3n) is 4.48. The summed E-state index contributed by atoms with van der Waals surface area (Å²) in [7, 11) is 0. The molecule has 140 valence electrons. The van der Waals surface area contributed by atoms with Crippen LogP contribution in [0.25, 0.3) is 22.3 Å². The van der Waals surface area contributed by atoms with Crippen molar-refractivity contribution in [2.75, 3.05) is 6.61 Å². The van der Waals surface area contributed by atoms with E-state index >= 15 is 0 Å². The summed E-state index contributed by atoms with van der Waals surface area (Å²) in [5.41, 5.74) is 0.586. The molecule has 0 amide bonds. The van der Waals surface area contributed by atoms with Gasteiger partial charge in [-0.2, -0.15) is 0 Å². The molecule has 1 fully saturated rings. The smallest absolute Gasteiger partial charge is 0.235 e. The van der Waals surface area contributed by atoms with Crippen molar-refractivity contribution in [3.8, 4) is 17.1 Å². The van der Waals surface area contributed by atoms with Crippen LogP contribution in [0.3, 0.4) is 0 Å². The van der Waals surface area contributed by atoms with E-state index in [9.17, 15) is 20.1 Å². The van der Waals surface area contributed by atoms with E-state index in [4.69, 9.17) is 13.9 Å². The Bertz CT molecular complexity index is 998. The first-order valence-corrected chi connectivity index (χ1v) is 8.50. The van der Waals surface area contributed by atoms with E-state index in [0.717, 1.165) is 0 Å². The summed E-state index contributed by atoms with van der Waals surface area (Å²) in [6, 6.07) is 15.7. The summed E-state index contributed by atoms with van der Waals surface area (Å²) >= 11 is 0. The lowest BCUT2D eigenvalue weighted by Crippen LogP contribution is -2.55. The van der Waals surface area contributed by atoms with E-state index in [0.29, 0.717) is 16.5 Å². The first kappa shape index (κ1) is 17.7. The van der Waals surface area contributed by atoms with E-state index in [-0.39, 0.29) is 18.1 Å². The van der Waals surface area contributed by atoms with Crippen molar-refractivity contribution in [1.82, 2.24) is 0 Å². The number of ether oxygens (including phenoxy) is 2. The Morgan fingerprint density at radius 1 is 0.926 bits per heavy atom. The van der Waals surface area contributed by atoms with Crippen LogP contribution in [0.1, 0.15) is 0 Å². The molecule has 4 rings (SSSR count). The minimum Gasteiger partial charge on any atom is -0.454 e. The number of aliphatic hydroxyl groups excluding tert-OH is 3. The minimum atomic E-state index is -1.52. The predicted molar refractivity (Wildman–Crippen MR) is 96.3 cm³/mol. The lowest BCUT2D eigenvalue weighted by molar-refractivity contribution is -0.242. The van der Waals surface area contributed by atoms with Crippen LogP contribution >= 0.6 is 0 Å². The topological polar surface area (TPSA) is 109 Å². The molecule has 1 aromatic heterocycles. The van der Waals surface area contributed by atoms with Gasteiger partial charge >= 0.3 is 0 Å². The van der Waals surface area contributed by atoms with Gasteiger partial charge in [0.25, 0.3) is 0 Å². The minimum absolute atomic E-state index is 0.132. The maximum absolute atomic E-state index is 13.0. The zero-order valence-electron chi connectivity index (χ0n) is 14.2. The fourth-order valence-corrected chi connectivity index (χ4v) is 3.01. The van der Waals surface area contributed by atoms with Crippen LogP contribution in [-0.2, 0) is 4.74 Å². The molecule has 7 heteroatoms. The Hall–Kier alpha value is -2.71. The Morgan fingerprint density at radius 2 is 1.63 bits per heavy atom. The third kappa shape index (κ3) is 3.22. The standard InChI is InChI=1S/C20H18O7/c21-13-10-25-20(17(24)16(13)23)27-19-15(22)12-8-4-5-9-14(12)26-18(19)11-6-2-1-3-7-11/h1-9,13,16-17,20-21,23-24H,10H2/t13-,16+,17-,20?/m1/s1. The van der Waals surface area contributed by atoms with Crippen LogP contribution in [-0.4, -0.2) is 46.5 Å². The highest BCUT2D eigenvalue weighted by atomic mass is 16.7. The van der Waals surface area contributed by atoms with Crippen molar-refractivity contribution >= 4 is 11.0 Å². The van der Waals surface area contributed by atoms with E-state index in [2.05, 4.69) is 0 Å². The average Bonchev–Trinajstić information content (AvgIpc) is 2.70. The monoisotopic (exact) mass is 370 g/mol. The molecule has 1 aliphatic rings. The van der Waals surface area contributed by atoms with Crippen molar-refractivity contribution in [2.24, 2.45) is 0 Å². The number of hydrogen-bond donors (Lipinski definition) is 3. The van der Waals surface area contributed by atoms with Crippen LogP contribution in [0.15, 0.2) is 63.8 Å². The van der Waals surface area contributed by atoms with Gasteiger partial charge in [0, 0.05) is 5.56 Å². The van der Waals surface area contributed by atoms with Crippen molar-refractivity contribution < 1.29 is 29.2 Å². The summed E-state index contributed by atoms with van der Waals surface area (Å²) in [5, 5.41) is 29.9. The van der Waals surface area contributed by atoms with Crippen molar-refractivity contribution in [2.45, 2.75) is 24.6 Å². The predicted octanol–water partition coefficient (Wildman–Crippen LogP) is 1.28. The van der Waals surface area contributed by atoms with Gasteiger partial charge in [-0.25, -0.2) is 0 Å². The normalized spacial score (nSPS) is 25.4. The molecule has 0 radical (unpaired) electrons. The second-order valence-corrected chi connectivity index (χ2v) is 6.32. The number of benzene rings is 2. The average molecular weight is 370 g/mol. The van der Waals surface area contributed by atoms with Gasteiger partial charge in [-0.1, -0.05) is 42.5 Å². The molecule has 3 aromatic rings. The van der Waals surface area contributed by atoms with Gasteiger partial charge in [-0.3, -0.25) is 4.79 Å².